The monoisotopic (exact) mass is 178 g/mol. The molecule has 1 heterocycles. The van der Waals surface area contributed by atoms with E-state index in [1.165, 1.54) is 0 Å². The van der Waals surface area contributed by atoms with Gasteiger partial charge in [-0.25, -0.2) is 0 Å². The van der Waals surface area contributed by atoms with Crippen molar-refractivity contribution in [2.45, 2.75) is 19.3 Å². The van der Waals surface area contributed by atoms with E-state index in [1.54, 1.807) is 0 Å². The summed E-state index contributed by atoms with van der Waals surface area (Å²) in [6, 6.07) is 0. The van der Waals surface area contributed by atoms with Crippen LogP contribution in [-0.4, -0.2) is 24.3 Å². The molecule has 0 bridgehead atoms. The first-order valence-electron chi connectivity index (χ1n) is 2.52. The summed E-state index contributed by atoms with van der Waals surface area (Å²) < 4.78 is 0.350. The molecule has 0 N–H and O–H groups in total. The van der Waals surface area contributed by atoms with Crippen molar-refractivity contribution in [3.63, 3.8) is 0 Å². The number of rotatable bonds is 0. The van der Waals surface area contributed by atoms with E-state index in [1.807, 2.05) is 0 Å². The van der Waals surface area contributed by atoms with Crippen LogP contribution in [-0.2, 0) is 9.59 Å². The van der Waals surface area contributed by atoms with Crippen LogP contribution < -0.4 is 0 Å². The van der Waals surface area contributed by atoms with Crippen molar-refractivity contribution in [1.82, 2.24) is 0 Å². The van der Waals surface area contributed by atoms with Gasteiger partial charge in [-0.3, -0.25) is 0 Å². The second-order valence-corrected chi connectivity index (χ2v) is 4.04. The summed E-state index contributed by atoms with van der Waals surface area (Å²) in [5.41, 5.74) is 0. The molecule has 0 radical (unpaired) electrons. The van der Waals surface area contributed by atoms with E-state index in [4.69, 9.17) is 0 Å². The van der Waals surface area contributed by atoms with Gasteiger partial charge in [-0.05, 0) is 0 Å². The van der Waals surface area contributed by atoms with Crippen molar-refractivity contribution in [3.05, 3.63) is 0 Å². The maximum atomic E-state index is 10.5. The van der Waals surface area contributed by atoms with Crippen LogP contribution in [0.2, 0.25) is 0 Å². The Bertz CT molecular complexity index is 116. The molecule has 44 valence electrons. The fraction of sp³-hybridized carbons (Fsp3) is 0.600. The first-order chi connectivity index (χ1) is 3.79. The first kappa shape index (κ1) is 5.99. The average Bonchev–Trinajstić information content (AvgIpc) is 1.64. The van der Waals surface area contributed by atoms with Crippen molar-refractivity contribution < 1.29 is 9.59 Å². The molecule has 1 saturated heterocycles. The van der Waals surface area contributed by atoms with E-state index < -0.39 is 0 Å². The average molecular weight is 177 g/mol. The van der Waals surface area contributed by atoms with Crippen molar-refractivity contribution >= 4 is 24.3 Å². The number of carbonyl (C=O) groups excluding carboxylic acids is 2. The molecule has 3 heteroatoms. The number of carbonyl (C=O) groups is 2. The minimum atomic E-state index is -0.307. The summed E-state index contributed by atoms with van der Waals surface area (Å²) in [7, 11) is 0. The summed E-state index contributed by atoms with van der Waals surface area (Å²) in [6.07, 6.45) is 2.08. The Morgan fingerprint density at radius 3 is 1.88 bits per heavy atom. The molecular weight excluding hydrogens is 171 g/mol. The molecule has 0 aromatic carbocycles. The molecule has 8 heavy (non-hydrogen) atoms. The predicted molar refractivity (Wildman–Crippen MR) is 29.6 cm³/mol. The van der Waals surface area contributed by atoms with Gasteiger partial charge in [-0.15, -0.1) is 0 Å². The Hall–Kier alpha value is -0.141. The third-order valence-corrected chi connectivity index (χ3v) is 2.80. The SMILES string of the molecule is O=C1CCCC(=O)[Se]1. The fourth-order valence-electron chi connectivity index (χ4n) is 0.606. The van der Waals surface area contributed by atoms with Crippen LogP contribution >= 0.6 is 0 Å². The molecule has 2 nitrogen and oxygen atoms in total. The summed E-state index contributed by atoms with van der Waals surface area (Å²) in [5.74, 6) is 0. The van der Waals surface area contributed by atoms with Crippen LogP contribution in [0.25, 0.3) is 0 Å². The van der Waals surface area contributed by atoms with Crippen LogP contribution in [0.3, 0.4) is 0 Å². The molecule has 1 rings (SSSR count). The molecule has 1 aliphatic rings. The van der Waals surface area contributed by atoms with Crippen LogP contribution in [0.4, 0.5) is 0 Å². The van der Waals surface area contributed by atoms with Crippen molar-refractivity contribution in [2.24, 2.45) is 0 Å². The third kappa shape index (κ3) is 1.42. The molecule has 1 aliphatic heterocycles. The predicted octanol–water partition coefficient (Wildman–Crippen LogP) is -0.0723. The van der Waals surface area contributed by atoms with Gasteiger partial charge in [0.1, 0.15) is 0 Å². The normalized spacial score (nSPS) is 21.5. The summed E-state index contributed by atoms with van der Waals surface area (Å²) in [5, 5.41) is 0. The Morgan fingerprint density at radius 2 is 1.62 bits per heavy atom. The molecule has 0 atom stereocenters. The molecule has 0 spiro atoms. The van der Waals surface area contributed by atoms with Crippen LogP contribution in [0.1, 0.15) is 19.3 Å². The Kier molecular flexibility index (Phi) is 1.81. The van der Waals surface area contributed by atoms with E-state index >= 15 is 0 Å². The van der Waals surface area contributed by atoms with E-state index in [-0.39, 0.29) is 24.3 Å². The van der Waals surface area contributed by atoms with Gasteiger partial charge in [0.25, 0.3) is 0 Å². The molecule has 0 amide bonds. The molecule has 0 unspecified atom stereocenters. The summed E-state index contributed by atoms with van der Waals surface area (Å²) in [4.78, 5) is 21.0. The van der Waals surface area contributed by atoms with E-state index in [0.29, 0.717) is 12.8 Å². The van der Waals surface area contributed by atoms with E-state index in [0.717, 1.165) is 6.42 Å². The van der Waals surface area contributed by atoms with Gasteiger partial charge in [0.2, 0.25) is 0 Å². The Morgan fingerprint density at radius 1 is 1.12 bits per heavy atom. The van der Waals surface area contributed by atoms with Gasteiger partial charge in [0.15, 0.2) is 0 Å². The second kappa shape index (κ2) is 2.42. The standard InChI is InChI=1S/C5H6O2Se/c6-4-2-1-3-5(7)8-4/h1-3H2. The molecule has 1 fully saturated rings. The van der Waals surface area contributed by atoms with E-state index in [2.05, 4.69) is 0 Å². The van der Waals surface area contributed by atoms with E-state index in [9.17, 15) is 9.59 Å². The summed E-state index contributed by atoms with van der Waals surface area (Å²) in [6.45, 7) is 0. The first-order valence-corrected chi connectivity index (χ1v) is 4.24. The Labute approximate surface area is 53.8 Å². The molecular formula is C5H6O2Se. The topological polar surface area (TPSA) is 34.1 Å². The second-order valence-electron chi connectivity index (χ2n) is 1.70. The summed E-state index contributed by atoms with van der Waals surface area (Å²) >= 11 is -0.307. The molecule has 0 aromatic heterocycles. The quantitative estimate of drug-likeness (QED) is 0.485. The molecule has 0 aliphatic carbocycles. The van der Waals surface area contributed by atoms with Crippen LogP contribution in [0, 0.1) is 0 Å². The maximum absolute atomic E-state index is 10.5. The van der Waals surface area contributed by atoms with Crippen molar-refractivity contribution in [3.8, 4) is 0 Å². The number of hydrogen-bond acceptors (Lipinski definition) is 2. The zero-order valence-corrected chi connectivity index (χ0v) is 6.06. The Balaban J connectivity index is 2.45. The van der Waals surface area contributed by atoms with Crippen molar-refractivity contribution in [1.29, 1.82) is 0 Å². The fourth-order valence-corrected chi connectivity index (χ4v) is 2.17. The van der Waals surface area contributed by atoms with Crippen LogP contribution in [0.15, 0.2) is 0 Å². The molecule has 0 aromatic rings. The van der Waals surface area contributed by atoms with Gasteiger partial charge in [-0.1, -0.05) is 0 Å². The van der Waals surface area contributed by atoms with Gasteiger partial charge >= 0.3 is 53.2 Å². The van der Waals surface area contributed by atoms with Gasteiger partial charge in [0, 0.05) is 0 Å². The molecule has 0 saturated carbocycles. The third-order valence-electron chi connectivity index (χ3n) is 0.989. The van der Waals surface area contributed by atoms with Crippen LogP contribution in [0.5, 0.6) is 0 Å². The number of hydrogen-bond donors (Lipinski definition) is 0. The van der Waals surface area contributed by atoms with Gasteiger partial charge in [0.05, 0.1) is 0 Å². The minimum absolute atomic E-state index is 0.175. The van der Waals surface area contributed by atoms with Gasteiger partial charge in [-0.2, -0.15) is 0 Å². The zero-order valence-electron chi connectivity index (χ0n) is 4.35. The van der Waals surface area contributed by atoms with Crippen molar-refractivity contribution in [2.75, 3.05) is 0 Å². The zero-order chi connectivity index (χ0) is 5.98. The van der Waals surface area contributed by atoms with Gasteiger partial charge < -0.3 is 0 Å².